The Morgan fingerprint density at radius 2 is 2.07 bits per heavy atom. The van der Waals surface area contributed by atoms with E-state index in [2.05, 4.69) is 47.8 Å². The number of anilines is 1. The zero-order valence-corrected chi connectivity index (χ0v) is 10.3. The van der Waals surface area contributed by atoms with Crippen molar-refractivity contribution in [3.63, 3.8) is 0 Å². The smallest absolute Gasteiger partial charge is 0.128 e. The quantitative estimate of drug-likeness (QED) is 0.780. The molecule has 14 heavy (non-hydrogen) atoms. The van der Waals surface area contributed by atoms with Gasteiger partial charge in [-0.15, -0.1) is 0 Å². The number of nitrogen functional groups attached to an aromatic ring is 1. The molecular weight excluding hydrogens is 240 g/mol. The molecule has 0 unspecified atom stereocenters. The maximum absolute atomic E-state index is 5.72. The Labute approximate surface area is 93.4 Å². The molecule has 0 spiro atoms. The van der Waals surface area contributed by atoms with Gasteiger partial charge in [0, 0.05) is 6.20 Å². The van der Waals surface area contributed by atoms with E-state index in [9.17, 15) is 0 Å². The van der Waals surface area contributed by atoms with Gasteiger partial charge in [0.15, 0.2) is 0 Å². The summed E-state index contributed by atoms with van der Waals surface area (Å²) < 4.78 is 0.699. The van der Waals surface area contributed by atoms with Gasteiger partial charge < -0.3 is 5.73 Å². The summed E-state index contributed by atoms with van der Waals surface area (Å²) in [5.74, 6) is 0. The fourth-order valence-electron chi connectivity index (χ4n) is 0.919. The van der Waals surface area contributed by atoms with Crippen LogP contribution in [0.1, 0.15) is 26.3 Å². The molecule has 0 aliphatic heterocycles. The minimum Gasteiger partial charge on any atom is -0.397 e. The van der Waals surface area contributed by atoms with Gasteiger partial charge in [0.2, 0.25) is 0 Å². The third-order valence-corrected chi connectivity index (χ3v) is 2.33. The second-order valence-electron chi connectivity index (χ2n) is 4.35. The number of halogens is 1. The van der Waals surface area contributed by atoms with Crippen molar-refractivity contribution in [3.05, 3.63) is 28.5 Å². The van der Waals surface area contributed by atoms with E-state index in [-0.39, 0.29) is 5.41 Å². The molecule has 0 saturated carbocycles. The Bertz CT molecular complexity index is 351. The van der Waals surface area contributed by atoms with Gasteiger partial charge in [-0.3, -0.25) is 0 Å². The average Bonchev–Trinajstić information content (AvgIpc) is 2.06. The van der Waals surface area contributed by atoms with Gasteiger partial charge in [-0.2, -0.15) is 0 Å². The summed E-state index contributed by atoms with van der Waals surface area (Å²) in [5.41, 5.74) is 7.60. The monoisotopic (exact) mass is 254 g/mol. The van der Waals surface area contributed by atoms with Crippen molar-refractivity contribution in [1.29, 1.82) is 0 Å². The highest BCUT2D eigenvalue weighted by Gasteiger charge is 2.04. The molecule has 0 radical (unpaired) electrons. The maximum atomic E-state index is 5.72. The molecule has 0 bridgehead atoms. The van der Waals surface area contributed by atoms with E-state index < -0.39 is 0 Å². The summed E-state index contributed by atoms with van der Waals surface area (Å²) in [4.78, 5) is 4.12. The number of aromatic nitrogens is 1. The number of allylic oxidation sites excluding steroid dienone is 1. The third kappa shape index (κ3) is 3.50. The summed E-state index contributed by atoms with van der Waals surface area (Å²) in [6.45, 7) is 6.46. The largest absolute Gasteiger partial charge is 0.397 e. The zero-order valence-electron chi connectivity index (χ0n) is 8.71. The summed E-state index contributed by atoms with van der Waals surface area (Å²) in [6, 6.07) is 1.90. The Balaban J connectivity index is 2.89. The molecule has 1 heterocycles. The Morgan fingerprint density at radius 3 is 2.57 bits per heavy atom. The van der Waals surface area contributed by atoms with Crippen LogP contribution in [0.4, 0.5) is 5.69 Å². The van der Waals surface area contributed by atoms with E-state index in [1.54, 1.807) is 6.20 Å². The van der Waals surface area contributed by atoms with Crippen LogP contribution in [0.15, 0.2) is 22.9 Å². The minimum absolute atomic E-state index is 0.182. The second kappa shape index (κ2) is 4.13. The molecule has 0 atom stereocenters. The highest BCUT2D eigenvalue weighted by molar-refractivity contribution is 9.10. The van der Waals surface area contributed by atoms with Crippen molar-refractivity contribution in [2.75, 3.05) is 5.73 Å². The van der Waals surface area contributed by atoms with Gasteiger partial charge in [-0.1, -0.05) is 32.9 Å². The lowest BCUT2D eigenvalue weighted by atomic mass is 9.95. The van der Waals surface area contributed by atoms with Gasteiger partial charge in [-0.05, 0) is 33.0 Å². The molecule has 3 heteroatoms. The molecule has 76 valence electrons. The van der Waals surface area contributed by atoms with Crippen LogP contribution in [-0.4, -0.2) is 4.98 Å². The van der Waals surface area contributed by atoms with Crippen molar-refractivity contribution in [1.82, 2.24) is 4.98 Å². The number of pyridine rings is 1. The molecule has 1 aromatic heterocycles. The highest BCUT2D eigenvalue weighted by atomic mass is 79.9. The Hall–Kier alpha value is -0.830. The van der Waals surface area contributed by atoms with Gasteiger partial charge in [0.05, 0.1) is 5.69 Å². The highest BCUT2D eigenvalue weighted by Crippen LogP contribution is 2.20. The van der Waals surface area contributed by atoms with Crippen LogP contribution >= 0.6 is 15.9 Å². The standard InChI is InChI=1S/C11H15BrN2/c1-11(2,3)5-4-8-6-9(13)10(12)14-7-8/h4-7H,13H2,1-3H3/b5-4+. The first-order chi connectivity index (χ1) is 6.38. The lowest BCUT2D eigenvalue weighted by Gasteiger charge is -2.11. The average molecular weight is 255 g/mol. The van der Waals surface area contributed by atoms with Crippen LogP contribution in [0.3, 0.4) is 0 Å². The fraction of sp³-hybridized carbons (Fsp3) is 0.364. The number of rotatable bonds is 1. The molecule has 0 aromatic carbocycles. The third-order valence-electron chi connectivity index (χ3n) is 1.66. The predicted octanol–water partition coefficient (Wildman–Crippen LogP) is 3.49. The van der Waals surface area contributed by atoms with Gasteiger partial charge in [-0.25, -0.2) is 4.98 Å². The fourth-order valence-corrected chi connectivity index (χ4v) is 1.14. The van der Waals surface area contributed by atoms with Crippen LogP contribution < -0.4 is 5.73 Å². The Morgan fingerprint density at radius 1 is 1.43 bits per heavy atom. The molecule has 0 amide bonds. The second-order valence-corrected chi connectivity index (χ2v) is 5.10. The first kappa shape index (κ1) is 11.2. The van der Waals surface area contributed by atoms with E-state index in [0.717, 1.165) is 5.56 Å². The minimum atomic E-state index is 0.182. The molecule has 1 aromatic rings. The summed E-state index contributed by atoms with van der Waals surface area (Å²) in [6.07, 6.45) is 5.97. The van der Waals surface area contributed by atoms with Crippen molar-refractivity contribution in [3.8, 4) is 0 Å². The summed E-state index contributed by atoms with van der Waals surface area (Å²) in [7, 11) is 0. The van der Waals surface area contributed by atoms with Crippen molar-refractivity contribution in [2.24, 2.45) is 5.41 Å². The molecule has 2 N–H and O–H groups in total. The summed E-state index contributed by atoms with van der Waals surface area (Å²) in [5, 5.41) is 0. The van der Waals surface area contributed by atoms with E-state index in [4.69, 9.17) is 5.73 Å². The number of hydrogen-bond acceptors (Lipinski definition) is 2. The molecule has 0 aliphatic rings. The van der Waals surface area contributed by atoms with Crippen LogP contribution in [0.5, 0.6) is 0 Å². The van der Waals surface area contributed by atoms with Gasteiger partial charge in [0.25, 0.3) is 0 Å². The molecule has 1 rings (SSSR count). The first-order valence-electron chi connectivity index (χ1n) is 4.49. The van der Waals surface area contributed by atoms with Crippen LogP contribution in [0, 0.1) is 5.41 Å². The molecule has 2 nitrogen and oxygen atoms in total. The normalized spacial score (nSPS) is 12.3. The first-order valence-corrected chi connectivity index (χ1v) is 5.28. The molecule has 0 aliphatic carbocycles. The van der Waals surface area contributed by atoms with Crippen molar-refractivity contribution >= 4 is 27.7 Å². The topological polar surface area (TPSA) is 38.9 Å². The molecule has 0 fully saturated rings. The lowest BCUT2D eigenvalue weighted by molar-refractivity contribution is 0.547. The lowest BCUT2D eigenvalue weighted by Crippen LogP contribution is -1.98. The van der Waals surface area contributed by atoms with E-state index in [1.807, 2.05) is 12.1 Å². The number of hydrogen-bond donors (Lipinski definition) is 1. The van der Waals surface area contributed by atoms with Crippen molar-refractivity contribution in [2.45, 2.75) is 20.8 Å². The Kier molecular flexibility index (Phi) is 3.32. The number of nitrogens with zero attached hydrogens (tertiary/aromatic N) is 1. The van der Waals surface area contributed by atoms with Crippen LogP contribution in [0.25, 0.3) is 6.08 Å². The van der Waals surface area contributed by atoms with Gasteiger partial charge in [0.1, 0.15) is 4.60 Å². The summed E-state index contributed by atoms with van der Waals surface area (Å²) >= 11 is 3.26. The van der Waals surface area contributed by atoms with E-state index in [0.29, 0.717) is 10.3 Å². The number of nitrogens with two attached hydrogens (primary N) is 1. The van der Waals surface area contributed by atoms with E-state index in [1.165, 1.54) is 0 Å². The molecular formula is C11H15BrN2. The van der Waals surface area contributed by atoms with Crippen LogP contribution in [-0.2, 0) is 0 Å². The maximum Gasteiger partial charge on any atom is 0.128 e. The zero-order chi connectivity index (χ0) is 10.8. The van der Waals surface area contributed by atoms with Gasteiger partial charge >= 0.3 is 0 Å². The van der Waals surface area contributed by atoms with E-state index >= 15 is 0 Å². The predicted molar refractivity (Wildman–Crippen MR) is 64.8 cm³/mol. The van der Waals surface area contributed by atoms with Crippen molar-refractivity contribution < 1.29 is 0 Å². The SMILES string of the molecule is CC(C)(C)/C=C/c1cnc(Br)c(N)c1. The van der Waals surface area contributed by atoms with Crippen LogP contribution in [0.2, 0.25) is 0 Å². The molecule has 0 saturated heterocycles.